The van der Waals surface area contributed by atoms with Crippen LogP contribution in [0.4, 0.5) is 29.1 Å². The number of rotatable bonds is 18. The summed E-state index contributed by atoms with van der Waals surface area (Å²) in [6.45, 7) is 12.3. The molecule has 0 atom stereocenters. The molecule has 0 saturated carbocycles. The van der Waals surface area contributed by atoms with Crippen molar-refractivity contribution in [2.75, 3.05) is 134 Å². The normalized spacial score (nSPS) is 13.4. The molecule has 4 fully saturated rings. The van der Waals surface area contributed by atoms with E-state index in [0.29, 0.717) is 63.1 Å². The highest BCUT2D eigenvalue weighted by Gasteiger charge is 2.22. The highest BCUT2D eigenvalue weighted by atomic mass is 35.5. The molecule has 4 saturated heterocycles. The first-order valence-electron chi connectivity index (χ1n) is 32.6. The molecule has 0 radical (unpaired) electrons. The van der Waals surface area contributed by atoms with E-state index < -0.39 is 0 Å². The van der Waals surface area contributed by atoms with Crippen LogP contribution < -0.4 is 57.7 Å². The van der Waals surface area contributed by atoms with Crippen LogP contribution in [0.1, 0.15) is 74.1 Å². The van der Waals surface area contributed by atoms with Crippen LogP contribution >= 0.6 is 11.6 Å². The fourth-order valence-electron chi connectivity index (χ4n) is 11.5. The number of methoxy groups -OCH3 is 6. The van der Waals surface area contributed by atoms with Crippen LogP contribution in [0.2, 0.25) is 5.28 Å². The zero-order valence-corrected chi connectivity index (χ0v) is 58.8. The summed E-state index contributed by atoms with van der Waals surface area (Å²) in [7, 11) is 13.6. The summed E-state index contributed by atoms with van der Waals surface area (Å²) in [5.74, 6) is 10.4. The molecule has 0 unspecified atom stereocenters. The number of aryl methyl sites for hydroxylation is 2. The first-order valence-corrected chi connectivity index (χ1v) is 32.9. The van der Waals surface area contributed by atoms with Crippen LogP contribution in [0.3, 0.4) is 0 Å². The van der Waals surface area contributed by atoms with Crippen LogP contribution in [0.25, 0.3) is 45.1 Å². The van der Waals surface area contributed by atoms with Crippen LogP contribution in [0.5, 0.6) is 40.5 Å². The maximum atomic E-state index is 9.51. The highest BCUT2D eigenvalue weighted by Crippen LogP contribution is 2.36. The van der Waals surface area contributed by atoms with Crippen molar-refractivity contribution in [1.82, 2.24) is 49.8 Å². The summed E-state index contributed by atoms with van der Waals surface area (Å²) < 4.78 is 38.2. The first-order chi connectivity index (χ1) is 48.6. The molecule has 0 spiro atoms. The number of hydrogen-bond donors (Lipinski definition) is 1. The number of halogens is 1. The third-order valence-electron chi connectivity index (χ3n) is 16.3. The van der Waals surface area contributed by atoms with Crippen molar-refractivity contribution in [2.45, 2.75) is 78.4 Å². The Labute approximate surface area is 586 Å². The summed E-state index contributed by atoms with van der Waals surface area (Å²) in [6.07, 6.45) is 10.1. The van der Waals surface area contributed by atoms with Crippen molar-refractivity contribution in [3.8, 4) is 74.7 Å². The van der Waals surface area contributed by atoms with Gasteiger partial charge in [0.2, 0.25) is 5.28 Å². The fourth-order valence-corrected chi connectivity index (χ4v) is 11.7. The lowest BCUT2D eigenvalue weighted by atomic mass is 10.2. The van der Waals surface area contributed by atoms with Gasteiger partial charge in [0.1, 0.15) is 35.7 Å². The van der Waals surface area contributed by atoms with Gasteiger partial charge in [-0.1, -0.05) is 12.1 Å². The number of benzene rings is 4. The molecule has 0 amide bonds. The molecule has 5 aromatic heterocycles. The Hall–Kier alpha value is -10.8. The maximum Gasteiger partial charge on any atom is 0.373 e. The van der Waals surface area contributed by atoms with Gasteiger partial charge in [-0.05, 0) is 144 Å². The molecular formula is C72H84ClN15O12. The fraction of sp³-hybridized carbons (Fsp3) is 0.389. The predicted molar refractivity (Wildman–Crippen MR) is 378 cm³/mol. The van der Waals surface area contributed by atoms with Gasteiger partial charge in [0.25, 0.3) is 0 Å². The smallest absolute Gasteiger partial charge is 0.373 e. The number of fused-ring (bicyclic) bond motifs is 1. The third kappa shape index (κ3) is 20.4. The predicted octanol–water partition coefficient (Wildman–Crippen LogP) is 10.5. The van der Waals surface area contributed by atoms with E-state index in [0.717, 1.165) is 145 Å². The van der Waals surface area contributed by atoms with Gasteiger partial charge >= 0.3 is 18.3 Å². The Morgan fingerprint density at radius 1 is 0.430 bits per heavy atom. The average Bonchev–Trinajstić information content (AvgIpc) is 1.02. The first kappa shape index (κ1) is 74.9. The highest BCUT2D eigenvalue weighted by molar-refractivity contribution is 6.28. The number of para-hydroxylation sites is 1. The Kier molecular flexibility index (Phi) is 28.3. The Bertz CT molecular complexity index is 4180. The molecule has 4 aliphatic heterocycles. The van der Waals surface area contributed by atoms with Gasteiger partial charge in [-0.3, -0.25) is 0 Å². The molecule has 9 heterocycles. The monoisotopic (exact) mass is 1390 g/mol. The number of anilines is 5. The molecule has 4 aromatic carbocycles. The number of carbonyl (C=O) groups excluding carboxylic acids is 4. The largest absolute Gasteiger partial charge is 0.493 e. The van der Waals surface area contributed by atoms with Gasteiger partial charge in [-0.15, -0.1) is 0 Å². The zero-order valence-electron chi connectivity index (χ0n) is 58.1. The lowest BCUT2D eigenvalue weighted by Crippen LogP contribution is -2.20. The van der Waals surface area contributed by atoms with E-state index >= 15 is 0 Å². The second-order valence-electron chi connectivity index (χ2n) is 23.3. The number of hydrogen-bond acceptors (Lipinski definition) is 27. The molecule has 4 aliphatic rings. The molecular weight excluding hydrogens is 1300 g/mol. The van der Waals surface area contributed by atoms with Crippen molar-refractivity contribution in [3.63, 3.8) is 0 Å². The van der Waals surface area contributed by atoms with Gasteiger partial charge in [0.15, 0.2) is 52.0 Å². The molecule has 526 valence electrons. The summed E-state index contributed by atoms with van der Waals surface area (Å²) in [6, 6.07) is 33.1. The minimum absolute atomic E-state index is 0.107. The second kappa shape index (κ2) is 37.8. The quantitative estimate of drug-likeness (QED) is 0.0781. The van der Waals surface area contributed by atoms with Crippen LogP contribution in [-0.2, 0) is 32.4 Å². The van der Waals surface area contributed by atoms with Gasteiger partial charge in [0, 0.05) is 124 Å². The number of ether oxygens (including phenoxy) is 7. The summed E-state index contributed by atoms with van der Waals surface area (Å²) in [5.41, 5.74) is 6.71. The van der Waals surface area contributed by atoms with Crippen LogP contribution in [-0.4, -0.2) is 176 Å². The number of aliphatic hydroxyl groups excluding tert-OH is 1. The van der Waals surface area contributed by atoms with Crippen molar-refractivity contribution >= 4 is 63.9 Å². The topological polar surface area (TPSA) is 298 Å². The van der Waals surface area contributed by atoms with E-state index in [4.69, 9.17) is 78.9 Å². The van der Waals surface area contributed by atoms with Crippen LogP contribution in [0, 0.1) is 13.8 Å². The van der Waals surface area contributed by atoms with Crippen molar-refractivity contribution in [3.05, 3.63) is 131 Å². The van der Waals surface area contributed by atoms with Gasteiger partial charge in [-0.25, -0.2) is 39.9 Å². The van der Waals surface area contributed by atoms with Crippen LogP contribution in [0.15, 0.2) is 103 Å². The second-order valence-corrected chi connectivity index (χ2v) is 23.6. The lowest BCUT2D eigenvalue weighted by molar-refractivity contribution is -0.193. The summed E-state index contributed by atoms with van der Waals surface area (Å²) in [5, 5.41) is 10.8. The Balaban J connectivity index is 0.000000174. The van der Waals surface area contributed by atoms with E-state index in [2.05, 4.69) is 60.6 Å². The standard InChI is InChI=1S/C27H30N6O3.C17H21N3O3.C17H21N3O2.C9H12ClN3.2CO2/c1-32(2)26-20-9-5-6-10-21(20)29-27(31-26)36-17-19-16-24(33-13-7-8-14-33)30-25(28-19)18-11-12-22(34-3)23(15-18)35-4;1-22-14-6-5-12(9-15(14)23-2)17-18-13(11-21)10-16(19-17)20-7-3-4-8-20;1-12-10-16(20-8-4-5-9-20)19-17(18-12)13-6-7-14(21-2)15(11-13)22-3;1-7-6-8(12-9(10)11-7)13-4-2-3-5-13;2*2-1-3/h5-6,9-12,15-16H,7-8,13-14,17H2,1-4H3;5-6,9-10,21H,3-4,7-8,11H2,1-2H3;6-7,10-11H,4-5,8-9H2,1-3H3;6H,2-5H2,1H3;;. The van der Waals surface area contributed by atoms with Crippen molar-refractivity contribution in [2.24, 2.45) is 0 Å². The maximum absolute atomic E-state index is 9.51. The molecule has 0 aliphatic carbocycles. The average molecular weight is 1390 g/mol. The summed E-state index contributed by atoms with van der Waals surface area (Å²) in [4.78, 5) is 89.1. The van der Waals surface area contributed by atoms with Gasteiger partial charge in [-0.2, -0.15) is 29.1 Å². The molecule has 28 heteroatoms. The zero-order chi connectivity index (χ0) is 71.5. The molecule has 0 bridgehead atoms. The Morgan fingerprint density at radius 3 is 1.18 bits per heavy atom. The molecule has 100 heavy (non-hydrogen) atoms. The minimum Gasteiger partial charge on any atom is -0.493 e. The SMILES string of the molecule is COc1ccc(-c2nc(C)cc(N3CCCC3)n2)cc1OC.COc1ccc(-c2nc(CO)cc(N3CCCC3)n2)cc1OC.COc1ccc(-c2nc(COc3nc(N(C)C)c4ccccc4n3)cc(N3CCCC3)n2)cc1OC.Cc1cc(N2CCCC2)nc(Cl)n1.O=C=O.O=C=O. The number of aliphatic hydroxyl groups is 1. The Morgan fingerprint density at radius 2 is 0.790 bits per heavy atom. The number of nitrogens with zero attached hydrogens (tertiary/aromatic N) is 15. The van der Waals surface area contributed by atoms with E-state index in [9.17, 15) is 5.11 Å². The molecule has 13 rings (SSSR count). The van der Waals surface area contributed by atoms with E-state index in [-0.39, 0.29) is 25.5 Å². The summed E-state index contributed by atoms with van der Waals surface area (Å²) >= 11 is 5.78. The van der Waals surface area contributed by atoms with E-state index in [1.807, 2.05) is 130 Å². The van der Waals surface area contributed by atoms with E-state index in [1.165, 1.54) is 38.5 Å². The van der Waals surface area contributed by atoms with Gasteiger partial charge in [0.05, 0.1) is 66.2 Å². The van der Waals surface area contributed by atoms with Crippen molar-refractivity contribution in [1.29, 1.82) is 0 Å². The lowest BCUT2D eigenvalue weighted by Gasteiger charge is -2.19. The van der Waals surface area contributed by atoms with Gasteiger partial charge < -0.3 is 62.8 Å². The molecule has 9 aromatic rings. The molecule has 1 N–H and O–H groups in total. The third-order valence-corrected chi connectivity index (χ3v) is 16.5. The van der Waals surface area contributed by atoms with E-state index in [1.54, 1.807) is 42.7 Å². The number of aromatic nitrogens is 10. The van der Waals surface area contributed by atoms with Crippen molar-refractivity contribution < 1.29 is 57.4 Å². The minimum atomic E-state index is -0.107. The molecule has 27 nitrogen and oxygen atoms in total.